The van der Waals surface area contributed by atoms with E-state index >= 15 is 0 Å². The number of benzene rings is 3. The van der Waals surface area contributed by atoms with Crippen molar-refractivity contribution < 1.29 is 18.8 Å². The van der Waals surface area contributed by atoms with E-state index in [0.717, 1.165) is 22.4 Å². The lowest BCUT2D eigenvalue weighted by Crippen LogP contribution is -2.39. The predicted molar refractivity (Wildman–Crippen MR) is 134 cm³/mol. The fourth-order valence-corrected chi connectivity index (χ4v) is 4.17. The van der Waals surface area contributed by atoms with Crippen LogP contribution in [0.4, 0.5) is 20.6 Å². The van der Waals surface area contributed by atoms with Crippen LogP contribution in [0.1, 0.15) is 30.0 Å². The minimum atomic E-state index is -0.981. The van der Waals surface area contributed by atoms with Gasteiger partial charge in [-0.25, -0.2) is 14.1 Å². The molecule has 1 heterocycles. The molecule has 35 heavy (non-hydrogen) atoms. The Morgan fingerprint density at radius 2 is 1.66 bits per heavy atom. The fourth-order valence-electron chi connectivity index (χ4n) is 4.17. The molecule has 1 atom stereocenters. The zero-order valence-electron chi connectivity index (χ0n) is 19.8. The van der Waals surface area contributed by atoms with Crippen LogP contribution in [0.2, 0.25) is 0 Å². The molecule has 6 nitrogen and oxygen atoms in total. The van der Waals surface area contributed by atoms with Gasteiger partial charge in [-0.2, -0.15) is 0 Å². The molecule has 0 aliphatic carbocycles. The zero-order valence-corrected chi connectivity index (χ0v) is 19.8. The number of hydrogen-bond donors (Lipinski definition) is 1. The number of rotatable bonds is 8. The molecule has 0 saturated carbocycles. The number of nitrogens with zero attached hydrogens (tertiary/aromatic N) is 2. The van der Waals surface area contributed by atoms with E-state index in [2.05, 4.69) is 5.32 Å². The molecule has 3 aromatic carbocycles. The highest BCUT2D eigenvalue weighted by Gasteiger charge is 2.46. The van der Waals surface area contributed by atoms with Gasteiger partial charge < -0.3 is 10.2 Å². The second-order valence-corrected chi connectivity index (χ2v) is 8.65. The van der Waals surface area contributed by atoms with Gasteiger partial charge >= 0.3 is 6.03 Å². The van der Waals surface area contributed by atoms with E-state index in [9.17, 15) is 18.8 Å². The van der Waals surface area contributed by atoms with Gasteiger partial charge in [0.15, 0.2) is 0 Å². The monoisotopic (exact) mass is 473 g/mol. The molecular formula is C28H28FN3O3. The number of halogens is 1. The molecule has 0 spiro atoms. The average Bonchev–Trinajstić information content (AvgIpc) is 3.08. The first-order valence-corrected chi connectivity index (χ1v) is 11.7. The lowest BCUT2D eigenvalue weighted by atomic mass is 10.1. The van der Waals surface area contributed by atoms with Crippen molar-refractivity contribution in [1.82, 2.24) is 4.90 Å². The van der Waals surface area contributed by atoms with Crippen LogP contribution in [-0.4, -0.2) is 35.3 Å². The number of anilines is 2. The summed E-state index contributed by atoms with van der Waals surface area (Å²) in [5.41, 5.74) is 3.65. The van der Waals surface area contributed by atoms with Gasteiger partial charge in [-0.3, -0.25) is 9.59 Å². The van der Waals surface area contributed by atoms with Gasteiger partial charge in [-0.15, -0.1) is 0 Å². The van der Waals surface area contributed by atoms with E-state index in [-0.39, 0.29) is 31.1 Å². The van der Waals surface area contributed by atoms with E-state index < -0.39 is 18.0 Å². The number of imide groups is 1. The van der Waals surface area contributed by atoms with E-state index in [1.807, 2.05) is 50.2 Å². The van der Waals surface area contributed by atoms with Crippen LogP contribution in [-0.2, 0) is 22.4 Å². The molecule has 0 radical (unpaired) electrons. The van der Waals surface area contributed by atoms with Crippen LogP contribution < -0.4 is 10.2 Å². The Morgan fingerprint density at radius 3 is 2.31 bits per heavy atom. The highest BCUT2D eigenvalue weighted by molar-refractivity contribution is 6.22. The number of hydrogen-bond acceptors (Lipinski definition) is 3. The van der Waals surface area contributed by atoms with E-state index in [4.69, 9.17) is 0 Å². The van der Waals surface area contributed by atoms with E-state index in [0.29, 0.717) is 16.9 Å². The number of aryl methyl sites for hydroxylation is 2. The van der Waals surface area contributed by atoms with Crippen LogP contribution in [0.5, 0.6) is 0 Å². The summed E-state index contributed by atoms with van der Waals surface area (Å²) in [5.74, 6) is -1.21. The lowest BCUT2D eigenvalue weighted by molar-refractivity contribution is -0.124. The third kappa shape index (κ3) is 5.40. The Labute approximate surface area is 204 Å². The minimum Gasteiger partial charge on any atom is -0.326 e. The van der Waals surface area contributed by atoms with Crippen molar-refractivity contribution in [2.45, 2.75) is 39.2 Å². The van der Waals surface area contributed by atoms with Crippen molar-refractivity contribution in [3.8, 4) is 0 Å². The molecule has 4 amide bonds. The molecular weight excluding hydrogens is 445 g/mol. The van der Waals surface area contributed by atoms with Gasteiger partial charge in [0.2, 0.25) is 5.91 Å². The largest absolute Gasteiger partial charge is 0.332 e. The Morgan fingerprint density at radius 1 is 0.971 bits per heavy atom. The van der Waals surface area contributed by atoms with Gasteiger partial charge in [-0.05, 0) is 61.2 Å². The Balaban J connectivity index is 1.55. The third-order valence-corrected chi connectivity index (χ3v) is 6.22. The van der Waals surface area contributed by atoms with Crippen molar-refractivity contribution in [1.29, 1.82) is 0 Å². The van der Waals surface area contributed by atoms with Gasteiger partial charge in [0, 0.05) is 12.2 Å². The average molecular weight is 474 g/mol. The van der Waals surface area contributed by atoms with Crippen LogP contribution >= 0.6 is 0 Å². The summed E-state index contributed by atoms with van der Waals surface area (Å²) in [7, 11) is 0. The first-order chi connectivity index (χ1) is 16.9. The SMILES string of the molecule is CCc1ccc(NC(=O)C[C@@H]2C(=O)N(c3ccc(C)cc3)C(=O)N2CCc2ccccc2F)cc1. The quantitative estimate of drug-likeness (QED) is 0.463. The highest BCUT2D eigenvalue weighted by atomic mass is 19.1. The minimum absolute atomic E-state index is 0.108. The first-order valence-electron chi connectivity index (χ1n) is 11.7. The maximum absolute atomic E-state index is 14.2. The standard InChI is InChI=1S/C28H28FN3O3/c1-3-20-10-12-22(13-11-20)30-26(33)18-25-27(34)32(23-14-8-19(2)9-15-23)28(35)31(25)17-16-21-6-4-5-7-24(21)29/h4-15,25H,3,16-18H2,1-2H3,(H,30,33)/t25-/m1/s1. The number of nitrogens with one attached hydrogen (secondary N) is 1. The lowest BCUT2D eigenvalue weighted by Gasteiger charge is -2.21. The summed E-state index contributed by atoms with van der Waals surface area (Å²) >= 11 is 0. The molecule has 1 N–H and O–H groups in total. The number of carbonyl (C=O) groups is 3. The van der Waals surface area contributed by atoms with Gasteiger partial charge in [0.1, 0.15) is 11.9 Å². The van der Waals surface area contributed by atoms with Crippen molar-refractivity contribution in [3.05, 3.63) is 95.3 Å². The second kappa shape index (κ2) is 10.5. The second-order valence-electron chi connectivity index (χ2n) is 8.65. The summed E-state index contributed by atoms with van der Waals surface area (Å²) < 4.78 is 14.2. The number of amides is 4. The summed E-state index contributed by atoms with van der Waals surface area (Å²) in [6.45, 7) is 4.07. The molecule has 3 aromatic rings. The van der Waals surface area contributed by atoms with Crippen LogP contribution in [0, 0.1) is 12.7 Å². The van der Waals surface area contributed by atoms with E-state index in [1.165, 1.54) is 11.0 Å². The molecule has 0 unspecified atom stereocenters. The Kier molecular flexibility index (Phi) is 7.25. The normalized spacial score (nSPS) is 15.6. The van der Waals surface area contributed by atoms with Crippen LogP contribution in [0.3, 0.4) is 0 Å². The maximum atomic E-state index is 14.2. The van der Waals surface area contributed by atoms with Crippen LogP contribution in [0.25, 0.3) is 0 Å². The van der Waals surface area contributed by atoms with Crippen molar-refractivity contribution in [3.63, 3.8) is 0 Å². The molecule has 1 fully saturated rings. The Bertz CT molecular complexity index is 1220. The fraction of sp³-hybridized carbons (Fsp3) is 0.250. The Hall–Kier alpha value is -4.00. The molecule has 4 rings (SSSR count). The predicted octanol–water partition coefficient (Wildman–Crippen LogP) is 5.11. The first kappa shape index (κ1) is 24.1. The molecule has 1 aliphatic rings. The van der Waals surface area contributed by atoms with Crippen LogP contribution in [0.15, 0.2) is 72.8 Å². The maximum Gasteiger partial charge on any atom is 0.332 e. The third-order valence-electron chi connectivity index (χ3n) is 6.22. The topological polar surface area (TPSA) is 69.7 Å². The summed E-state index contributed by atoms with van der Waals surface area (Å²) in [6, 6.07) is 19.4. The number of urea groups is 1. The van der Waals surface area contributed by atoms with Crippen molar-refractivity contribution in [2.24, 2.45) is 0 Å². The smallest absolute Gasteiger partial charge is 0.326 e. The van der Waals surface area contributed by atoms with Gasteiger partial charge in [0.05, 0.1) is 12.1 Å². The molecule has 0 bridgehead atoms. The van der Waals surface area contributed by atoms with E-state index in [1.54, 1.807) is 30.3 Å². The molecule has 1 aliphatic heterocycles. The zero-order chi connectivity index (χ0) is 24.9. The van der Waals surface area contributed by atoms with Gasteiger partial charge in [0.25, 0.3) is 5.91 Å². The van der Waals surface area contributed by atoms with Crippen molar-refractivity contribution in [2.75, 3.05) is 16.8 Å². The summed E-state index contributed by atoms with van der Waals surface area (Å²) in [6.07, 6.45) is 0.919. The van der Waals surface area contributed by atoms with Gasteiger partial charge in [-0.1, -0.05) is 55.0 Å². The summed E-state index contributed by atoms with van der Waals surface area (Å²) in [5, 5.41) is 2.81. The molecule has 1 saturated heterocycles. The molecule has 7 heteroatoms. The molecule has 0 aromatic heterocycles. The number of carbonyl (C=O) groups excluding carboxylic acids is 3. The van der Waals surface area contributed by atoms with Crippen molar-refractivity contribution >= 4 is 29.2 Å². The highest BCUT2D eigenvalue weighted by Crippen LogP contribution is 2.28. The molecule has 180 valence electrons. The summed E-state index contributed by atoms with van der Waals surface area (Å²) in [4.78, 5) is 42.0.